The van der Waals surface area contributed by atoms with E-state index in [4.69, 9.17) is 16.2 Å². The lowest BCUT2D eigenvalue weighted by Crippen LogP contribution is -2.33. The number of hydrogen-bond acceptors (Lipinski definition) is 3. The minimum Gasteiger partial charge on any atom is -0.482 e. The number of nitrogen functional groups attached to an aromatic ring is 1. The lowest BCUT2D eigenvalue weighted by atomic mass is 9.72. The molecule has 0 aliphatic heterocycles. The highest BCUT2D eigenvalue weighted by molar-refractivity contribution is 5.43. The van der Waals surface area contributed by atoms with Crippen LogP contribution in [0, 0.1) is 17.7 Å². The molecule has 4 rings (SSSR count). The number of fused-ring (bicyclic) bond motifs is 1. The first-order valence-corrected chi connectivity index (χ1v) is 10.2. The molecular formula is C23H29FN2O. The summed E-state index contributed by atoms with van der Waals surface area (Å²) in [4.78, 5) is 0. The number of anilines is 1. The Labute approximate surface area is 160 Å². The lowest BCUT2D eigenvalue weighted by molar-refractivity contribution is 0.0675. The first-order valence-electron chi connectivity index (χ1n) is 10.2. The van der Waals surface area contributed by atoms with Crippen LogP contribution in [0.3, 0.4) is 0 Å². The van der Waals surface area contributed by atoms with Crippen LogP contribution in [-0.2, 0) is 6.42 Å². The zero-order valence-electron chi connectivity index (χ0n) is 15.7. The van der Waals surface area contributed by atoms with Crippen LogP contribution in [0.5, 0.6) is 5.75 Å². The van der Waals surface area contributed by atoms with Gasteiger partial charge in [-0.25, -0.2) is 4.39 Å². The third-order valence-corrected chi connectivity index (χ3v) is 6.32. The fraction of sp³-hybridized carbons (Fsp3) is 0.478. The van der Waals surface area contributed by atoms with Gasteiger partial charge in [-0.1, -0.05) is 37.1 Å². The minimum absolute atomic E-state index is 0.136. The maximum absolute atomic E-state index is 14.5. The Morgan fingerprint density at radius 3 is 2.67 bits per heavy atom. The molecule has 0 spiro atoms. The summed E-state index contributed by atoms with van der Waals surface area (Å²) < 4.78 is 20.8. The SMILES string of the molecule is Nc1ccc(O[C@H]2c3ccccc3CC[C@@H]2C2CCCC[C@H](N)C2)c(F)c1. The molecule has 4 atom stereocenters. The first-order chi connectivity index (χ1) is 13.1. The topological polar surface area (TPSA) is 61.3 Å². The highest BCUT2D eigenvalue weighted by Gasteiger charge is 2.37. The standard InChI is InChI=1S/C23H29FN2O/c24-21-14-18(26)10-12-22(21)27-23-19-8-4-2-5-15(19)9-11-20(23)16-6-1-3-7-17(25)13-16/h2,4-5,8,10,12,14,16-17,20,23H,1,3,6-7,9,11,13,25-26H2/t16?,17-,20+,23-/m0/s1. The van der Waals surface area contributed by atoms with E-state index < -0.39 is 5.82 Å². The fourth-order valence-electron chi connectivity index (χ4n) is 4.95. The molecule has 0 saturated heterocycles. The highest BCUT2D eigenvalue weighted by Crippen LogP contribution is 2.45. The maximum Gasteiger partial charge on any atom is 0.167 e. The van der Waals surface area contributed by atoms with E-state index >= 15 is 0 Å². The second kappa shape index (κ2) is 7.89. The third-order valence-electron chi connectivity index (χ3n) is 6.32. The predicted molar refractivity (Wildman–Crippen MR) is 107 cm³/mol. The number of aryl methyl sites for hydroxylation is 1. The van der Waals surface area contributed by atoms with E-state index in [2.05, 4.69) is 24.3 Å². The molecule has 2 aliphatic carbocycles. The van der Waals surface area contributed by atoms with E-state index in [0.717, 1.165) is 25.7 Å². The van der Waals surface area contributed by atoms with Crippen molar-refractivity contribution >= 4 is 5.69 Å². The predicted octanol–water partition coefficient (Wildman–Crippen LogP) is 5.00. The van der Waals surface area contributed by atoms with Gasteiger partial charge in [0.2, 0.25) is 0 Å². The Hall–Kier alpha value is -2.07. The molecule has 1 fully saturated rings. The molecule has 27 heavy (non-hydrogen) atoms. The van der Waals surface area contributed by atoms with Gasteiger partial charge in [0, 0.05) is 23.7 Å². The van der Waals surface area contributed by atoms with Crippen molar-refractivity contribution in [2.75, 3.05) is 5.73 Å². The van der Waals surface area contributed by atoms with Gasteiger partial charge in [-0.2, -0.15) is 0 Å². The normalized spacial score (nSPS) is 28.2. The fourth-order valence-corrected chi connectivity index (χ4v) is 4.95. The monoisotopic (exact) mass is 368 g/mol. The smallest absolute Gasteiger partial charge is 0.167 e. The summed E-state index contributed by atoms with van der Waals surface area (Å²) in [5.41, 5.74) is 15.0. The van der Waals surface area contributed by atoms with Crippen LogP contribution < -0.4 is 16.2 Å². The quantitative estimate of drug-likeness (QED) is 0.592. The molecule has 0 heterocycles. The number of rotatable bonds is 3. The summed E-state index contributed by atoms with van der Waals surface area (Å²) in [6.07, 6.45) is 7.74. The van der Waals surface area contributed by atoms with Crippen molar-refractivity contribution in [3.63, 3.8) is 0 Å². The molecule has 2 aromatic rings. The summed E-state index contributed by atoms with van der Waals surface area (Å²) in [6, 6.07) is 13.4. The second-order valence-corrected chi connectivity index (χ2v) is 8.17. The second-order valence-electron chi connectivity index (χ2n) is 8.17. The van der Waals surface area contributed by atoms with Crippen molar-refractivity contribution in [2.45, 2.75) is 57.1 Å². The van der Waals surface area contributed by atoms with E-state index in [1.807, 2.05) is 0 Å². The van der Waals surface area contributed by atoms with Crippen LogP contribution in [0.2, 0.25) is 0 Å². The average molecular weight is 368 g/mol. The van der Waals surface area contributed by atoms with Crippen LogP contribution in [0.25, 0.3) is 0 Å². The van der Waals surface area contributed by atoms with Crippen molar-refractivity contribution in [2.24, 2.45) is 17.6 Å². The summed E-state index contributed by atoms with van der Waals surface area (Å²) in [7, 11) is 0. The first kappa shape index (κ1) is 18.3. The lowest BCUT2D eigenvalue weighted by Gasteiger charge is -2.39. The van der Waals surface area contributed by atoms with Gasteiger partial charge in [-0.05, 0) is 61.3 Å². The van der Waals surface area contributed by atoms with Crippen molar-refractivity contribution in [3.8, 4) is 5.75 Å². The Bertz CT molecular complexity index is 794. The van der Waals surface area contributed by atoms with Gasteiger partial charge in [-0.3, -0.25) is 0 Å². The van der Waals surface area contributed by atoms with Crippen LogP contribution in [0.4, 0.5) is 10.1 Å². The van der Waals surface area contributed by atoms with E-state index in [-0.39, 0.29) is 17.9 Å². The Balaban J connectivity index is 1.67. The van der Waals surface area contributed by atoms with Crippen molar-refractivity contribution in [3.05, 3.63) is 59.4 Å². The molecule has 1 saturated carbocycles. The van der Waals surface area contributed by atoms with Gasteiger partial charge in [0.1, 0.15) is 6.10 Å². The largest absolute Gasteiger partial charge is 0.482 e. The van der Waals surface area contributed by atoms with E-state index in [1.54, 1.807) is 12.1 Å². The van der Waals surface area contributed by atoms with Gasteiger partial charge >= 0.3 is 0 Å². The molecule has 4 heteroatoms. The number of hydrogen-bond donors (Lipinski definition) is 2. The molecule has 3 nitrogen and oxygen atoms in total. The Kier molecular flexibility index (Phi) is 5.35. The molecule has 2 aliphatic rings. The van der Waals surface area contributed by atoms with Gasteiger partial charge in [-0.15, -0.1) is 0 Å². The molecule has 144 valence electrons. The average Bonchev–Trinajstić information content (AvgIpc) is 2.88. The van der Waals surface area contributed by atoms with Crippen LogP contribution in [0.15, 0.2) is 42.5 Å². The number of ether oxygens (including phenoxy) is 1. The molecule has 0 bridgehead atoms. The van der Waals surface area contributed by atoms with Crippen molar-refractivity contribution in [1.82, 2.24) is 0 Å². The molecular weight excluding hydrogens is 339 g/mol. The Morgan fingerprint density at radius 1 is 1.00 bits per heavy atom. The van der Waals surface area contributed by atoms with Crippen molar-refractivity contribution < 1.29 is 9.13 Å². The zero-order valence-corrected chi connectivity index (χ0v) is 15.7. The highest BCUT2D eigenvalue weighted by atomic mass is 19.1. The van der Waals surface area contributed by atoms with Gasteiger partial charge in [0.25, 0.3) is 0 Å². The molecule has 0 amide bonds. The van der Waals surface area contributed by atoms with Gasteiger partial charge in [0.15, 0.2) is 11.6 Å². The van der Waals surface area contributed by atoms with Crippen LogP contribution in [-0.4, -0.2) is 6.04 Å². The number of benzene rings is 2. The molecule has 4 N–H and O–H groups in total. The van der Waals surface area contributed by atoms with E-state index in [9.17, 15) is 4.39 Å². The summed E-state index contributed by atoms with van der Waals surface area (Å²) in [5.74, 6) is 0.780. The van der Waals surface area contributed by atoms with Crippen LogP contribution >= 0.6 is 0 Å². The maximum atomic E-state index is 14.5. The van der Waals surface area contributed by atoms with Crippen molar-refractivity contribution in [1.29, 1.82) is 0 Å². The molecule has 2 aromatic carbocycles. The zero-order chi connectivity index (χ0) is 18.8. The van der Waals surface area contributed by atoms with Crippen LogP contribution in [0.1, 0.15) is 55.8 Å². The third kappa shape index (κ3) is 3.96. The summed E-state index contributed by atoms with van der Waals surface area (Å²) in [6.45, 7) is 0. The number of halogens is 1. The summed E-state index contributed by atoms with van der Waals surface area (Å²) >= 11 is 0. The molecule has 0 aromatic heterocycles. The van der Waals surface area contributed by atoms with E-state index in [0.29, 0.717) is 17.5 Å². The van der Waals surface area contributed by atoms with E-state index in [1.165, 1.54) is 36.5 Å². The van der Waals surface area contributed by atoms with Gasteiger partial charge < -0.3 is 16.2 Å². The number of nitrogens with two attached hydrogens (primary N) is 2. The Morgan fingerprint density at radius 2 is 1.81 bits per heavy atom. The minimum atomic E-state index is -0.394. The van der Waals surface area contributed by atoms with Gasteiger partial charge in [0.05, 0.1) is 0 Å². The summed E-state index contributed by atoms with van der Waals surface area (Å²) in [5, 5.41) is 0. The molecule has 0 radical (unpaired) electrons. The molecule has 1 unspecified atom stereocenters.